The number of imide groups is 1. The molecule has 0 fully saturated rings. The van der Waals surface area contributed by atoms with Crippen LogP contribution in [0.5, 0.6) is 0 Å². The van der Waals surface area contributed by atoms with Crippen molar-refractivity contribution in [3.05, 3.63) is 36.5 Å². The number of aromatic nitrogens is 1. The quantitative estimate of drug-likeness (QED) is 0.673. The van der Waals surface area contributed by atoms with Gasteiger partial charge in [0, 0.05) is 11.6 Å². The van der Waals surface area contributed by atoms with Gasteiger partial charge in [0.2, 0.25) is 18.5 Å². The Labute approximate surface area is 86.8 Å². The Morgan fingerprint density at radius 1 is 1.43 bits per heavy atom. The Bertz CT molecular complexity index is 347. The number of pyridine rings is 1. The second-order valence-corrected chi connectivity index (χ2v) is 3.09. The molecule has 0 saturated heterocycles. The van der Waals surface area contributed by atoms with E-state index in [1.165, 1.54) is 4.09 Å². The molecule has 0 saturated carbocycles. The van der Waals surface area contributed by atoms with Crippen molar-refractivity contribution in [2.75, 3.05) is 0 Å². The number of nitrogens with zero attached hydrogens (tertiary/aromatic N) is 2. The molecule has 1 radical (unpaired) electrons. The summed E-state index contributed by atoms with van der Waals surface area (Å²) in [6.07, 6.45) is 2.49. The fraction of sp³-hybridized carbons (Fsp3) is 0.111. The number of hydrogen-bond acceptors (Lipinski definition) is 2. The lowest BCUT2D eigenvalue weighted by atomic mass is 10.3. The van der Waals surface area contributed by atoms with E-state index in [-0.39, 0.29) is 6.54 Å². The lowest BCUT2D eigenvalue weighted by Gasteiger charge is -2.05. The molecule has 0 atom stereocenters. The van der Waals surface area contributed by atoms with Crippen LogP contribution in [0, 0.1) is 6.92 Å². The third-order valence-corrected chi connectivity index (χ3v) is 1.97. The van der Waals surface area contributed by atoms with Crippen molar-refractivity contribution in [2.45, 2.75) is 6.54 Å². The lowest BCUT2D eigenvalue weighted by Crippen LogP contribution is -2.32. The summed E-state index contributed by atoms with van der Waals surface area (Å²) in [4.78, 5) is 21.7. The van der Waals surface area contributed by atoms with E-state index < -0.39 is 0 Å². The first-order chi connectivity index (χ1) is 6.67. The first kappa shape index (κ1) is 10.7. The predicted octanol–water partition coefficient (Wildman–Crippen LogP) is 0.273. The average Bonchev–Trinajstić information content (AvgIpc) is 2.17. The molecule has 5 heteroatoms. The largest absolute Gasteiger partial charge is 0.278 e. The highest BCUT2D eigenvalue weighted by molar-refractivity contribution is 6.04. The van der Waals surface area contributed by atoms with Crippen LogP contribution in [0.25, 0.3) is 0 Å². The van der Waals surface area contributed by atoms with Gasteiger partial charge < -0.3 is 0 Å². The molecule has 0 bridgehead atoms. The van der Waals surface area contributed by atoms with Crippen LogP contribution in [0.2, 0.25) is 0 Å². The van der Waals surface area contributed by atoms with Gasteiger partial charge in [-0.25, -0.2) is 0 Å². The first-order valence-corrected chi connectivity index (χ1v) is 4.20. The van der Waals surface area contributed by atoms with E-state index in [1.54, 1.807) is 18.3 Å². The van der Waals surface area contributed by atoms with E-state index in [0.29, 0.717) is 18.5 Å². The van der Waals surface area contributed by atoms with E-state index in [4.69, 9.17) is 11.8 Å². The van der Waals surface area contributed by atoms with Crippen LogP contribution >= 0.6 is 11.8 Å². The van der Waals surface area contributed by atoms with E-state index in [2.05, 4.69) is 6.92 Å². The van der Waals surface area contributed by atoms with Gasteiger partial charge >= 0.3 is 0 Å². The van der Waals surface area contributed by atoms with Gasteiger partial charge in [-0.1, -0.05) is 4.09 Å². The molecule has 0 aliphatic heterocycles. The highest BCUT2D eigenvalue weighted by atomic mass is 35.5. The van der Waals surface area contributed by atoms with Gasteiger partial charge in [0.25, 0.3) is 11.8 Å². The fourth-order valence-electron chi connectivity index (χ4n) is 0.953. The van der Waals surface area contributed by atoms with Gasteiger partial charge in [0.05, 0.1) is 0 Å². The zero-order chi connectivity index (χ0) is 10.6. The maximum atomic E-state index is 10.3. The Kier molecular flexibility index (Phi) is 3.59. The molecule has 4 nitrogen and oxygen atoms in total. The minimum atomic E-state index is 0.150. The zero-order valence-electron chi connectivity index (χ0n) is 7.39. The SMILES string of the molecule is [CH2]c1ccc(CN(C=O)C=O)[n+](Cl)c1. The summed E-state index contributed by atoms with van der Waals surface area (Å²) in [5, 5.41) is 0. The molecule has 0 aliphatic rings. The molecule has 0 aromatic carbocycles. The molecule has 73 valence electrons. The Balaban J connectivity index is 2.85. The number of carbonyl (C=O) groups is 2. The van der Waals surface area contributed by atoms with Crippen LogP contribution in [0.3, 0.4) is 0 Å². The van der Waals surface area contributed by atoms with Crippen LogP contribution in [-0.4, -0.2) is 17.7 Å². The first-order valence-electron chi connectivity index (χ1n) is 3.86. The summed E-state index contributed by atoms with van der Waals surface area (Å²) >= 11 is 5.81. The van der Waals surface area contributed by atoms with Crippen molar-refractivity contribution in [1.29, 1.82) is 0 Å². The molecule has 0 aliphatic carbocycles. The Hall–Kier alpha value is -1.42. The second kappa shape index (κ2) is 4.72. The van der Waals surface area contributed by atoms with Gasteiger partial charge in [-0.15, -0.1) is 0 Å². The number of halogens is 1. The summed E-state index contributed by atoms with van der Waals surface area (Å²) in [6.45, 7) is 3.83. The second-order valence-electron chi connectivity index (χ2n) is 2.72. The van der Waals surface area contributed by atoms with E-state index in [9.17, 15) is 9.59 Å². The van der Waals surface area contributed by atoms with Crippen molar-refractivity contribution in [3.8, 4) is 0 Å². The van der Waals surface area contributed by atoms with Crippen molar-refractivity contribution < 1.29 is 13.7 Å². The highest BCUT2D eigenvalue weighted by Gasteiger charge is 2.12. The highest BCUT2D eigenvalue weighted by Crippen LogP contribution is 2.00. The summed E-state index contributed by atoms with van der Waals surface area (Å²) in [7, 11) is 0. The minimum Gasteiger partial charge on any atom is -0.278 e. The molecule has 2 amide bonds. The third-order valence-electron chi connectivity index (χ3n) is 1.66. The zero-order valence-corrected chi connectivity index (χ0v) is 8.15. The molecule has 14 heavy (non-hydrogen) atoms. The van der Waals surface area contributed by atoms with Gasteiger partial charge in [0.15, 0.2) is 6.20 Å². The average molecular weight is 213 g/mol. The Morgan fingerprint density at radius 2 is 2.07 bits per heavy atom. The third kappa shape index (κ3) is 2.53. The molecular formula is C9H9ClN2O2+. The predicted molar refractivity (Wildman–Crippen MR) is 50.0 cm³/mol. The van der Waals surface area contributed by atoms with Crippen LogP contribution < -0.4 is 4.09 Å². The van der Waals surface area contributed by atoms with Crippen LogP contribution in [0.15, 0.2) is 18.3 Å². The van der Waals surface area contributed by atoms with Crippen molar-refractivity contribution in [1.82, 2.24) is 4.90 Å². The number of rotatable bonds is 4. The molecule has 0 N–H and O–H groups in total. The number of carbonyl (C=O) groups excluding carboxylic acids is 2. The van der Waals surface area contributed by atoms with E-state index in [1.807, 2.05) is 0 Å². The van der Waals surface area contributed by atoms with Gasteiger partial charge in [-0.3, -0.25) is 14.5 Å². The summed E-state index contributed by atoms with van der Waals surface area (Å²) in [5.41, 5.74) is 1.39. The lowest BCUT2D eigenvalue weighted by molar-refractivity contribution is -0.530. The molecule has 1 heterocycles. The minimum absolute atomic E-state index is 0.150. The summed E-state index contributed by atoms with van der Waals surface area (Å²) in [5.74, 6) is 0. The molecular weight excluding hydrogens is 204 g/mol. The molecule has 1 aromatic heterocycles. The molecule has 1 aromatic rings. The molecule has 0 spiro atoms. The number of hydrogen-bond donors (Lipinski definition) is 0. The van der Waals surface area contributed by atoms with Crippen molar-refractivity contribution in [3.63, 3.8) is 0 Å². The van der Waals surface area contributed by atoms with Crippen molar-refractivity contribution >= 4 is 24.6 Å². The van der Waals surface area contributed by atoms with Gasteiger partial charge in [0.1, 0.15) is 6.54 Å². The van der Waals surface area contributed by atoms with Gasteiger partial charge in [-0.05, 0) is 13.0 Å². The molecule has 0 unspecified atom stereocenters. The summed E-state index contributed by atoms with van der Waals surface area (Å²) < 4.78 is 1.31. The normalized spacial score (nSPS) is 9.57. The smallest absolute Gasteiger partial charge is 0.268 e. The standard InChI is InChI=1S/C9H9ClN2O2/c1-8-2-3-9(12(10)4-8)5-11(6-13)7-14/h2-4,6-7H,1,5H2/q+1. The van der Waals surface area contributed by atoms with Crippen LogP contribution in [0.4, 0.5) is 0 Å². The summed E-state index contributed by atoms with van der Waals surface area (Å²) in [6, 6.07) is 3.46. The van der Waals surface area contributed by atoms with Crippen LogP contribution in [-0.2, 0) is 16.1 Å². The maximum Gasteiger partial charge on any atom is 0.268 e. The monoisotopic (exact) mass is 212 g/mol. The van der Waals surface area contributed by atoms with E-state index in [0.717, 1.165) is 10.5 Å². The van der Waals surface area contributed by atoms with Crippen molar-refractivity contribution in [2.24, 2.45) is 0 Å². The van der Waals surface area contributed by atoms with Crippen LogP contribution in [0.1, 0.15) is 11.3 Å². The fourth-order valence-corrected chi connectivity index (χ4v) is 1.19. The Morgan fingerprint density at radius 3 is 2.57 bits per heavy atom. The van der Waals surface area contributed by atoms with E-state index >= 15 is 0 Å². The molecule has 1 rings (SSSR count). The van der Waals surface area contributed by atoms with Gasteiger partial charge in [-0.2, -0.15) is 0 Å². The topological polar surface area (TPSA) is 41.3 Å². The maximum absolute atomic E-state index is 10.3. The number of amides is 2.